The highest BCUT2D eigenvalue weighted by atomic mass is 79.9. The number of pyridine rings is 1. The highest BCUT2D eigenvalue weighted by Crippen LogP contribution is 2.35. The molecule has 4 rings (SSSR count). The van der Waals surface area contributed by atoms with E-state index < -0.39 is 0 Å². The molecule has 0 spiro atoms. The molecule has 0 aliphatic rings. The van der Waals surface area contributed by atoms with Crippen LogP contribution >= 0.6 is 15.9 Å². The average molecular weight is 394 g/mol. The van der Waals surface area contributed by atoms with E-state index >= 15 is 0 Å². The van der Waals surface area contributed by atoms with Crippen molar-refractivity contribution in [3.8, 4) is 11.3 Å². The fourth-order valence-electron chi connectivity index (χ4n) is 3.13. The third-order valence-corrected chi connectivity index (χ3v) is 4.71. The van der Waals surface area contributed by atoms with Crippen LogP contribution in [0, 0.1) is 0 Å². The number of fused-ring (bicyclic) bond motifs is 2. The summed E-state index contributed by atoms with van der Waals surface area (Å²) in [6.07, 6.45) is 1.78. The molecular formula is C20H16BrN3O. The van der Waals surface area contributed by atoms with E-state index in [0.29, 0.717) is 5.56 Å². The lowest BCUT2D eigenvalue weighted by Crippen LogP contribution is -2.22. The Balaban J connectivity index is 2.08. The molecule has 4 nitrogen and oxygen atoms in total. The molecule has 0 bridgehead atoms. The molecule has 0 saturated carbocycles. The predicted molar refractivity (Wildman–Crippen MR) is 105 cm³/mol. The van der Waals surface area contributed by atoms with Crippen molar-refractivity contribution in [3.05, 3.63) is 64.8 Å². The van der Waals surface area contributed by atoms with Crippen molar-refractivity contribution >= 4 is 43.6 Å². The van der Waals surface area contributed by atoms with Gasteiger partial charge in [-0.1, -0.05) is 36.4 Å². The molecule has 25 heavy (non-hydrogen) atoms. The minimum atomic E-state index is -0.0263. The van der Waals surface area contributed by atoms with Gasteiger partial charge in [-0.2, -0.15) is 0 Å². The van der Waals surface area contributed by atoms with Crippen LogP contribution in [0.4, 0.5) is 0 Å². The van der Waals surface area contributed by atoms with Gasteiger partial charge in [0.05, 0.1) is 16.8 Å². The van der Waals surface area contributed by atoms with Gasteiger partial charge in [0, 0.05) is 46.6 Å². The first-order valence-electron chi connectivity index (χ1n) is 7.93. The van der Waals surface area contributed by atoms with Gasteiger partial charge in [-0.3, -0.25) is 9.78 Å². The molecule has 2 aromatic carbocycles. The van der Waals surface area contributed by atoms with E-state index in [1.807, 2.05) is 48.5 Å². The Morgan fingerprint density at radius 3 is 2.72 bits per heavy atom. The summed E-state index contributed by atoms with van der Waals surface area (Å²) in [6.45, 7) is 0. The van der Waals surface area contributed by atoms with Gasteiger partial charge in [-0.25, -0.2) is 0 Å². The third kappa shape index (κ3) is 2.61. The Bertz CT molecular complexity index is 1110. The van der Waals surface area contributed by atoms with E-state index in [4.69, 9.17) is 0 Å². The third-order valence-electron chi connectivity index (χ3n) is 4.27. The monoisotopic (exact) mass is 393 g/mol. The number of aromatic amines is 1. The molecule has 0 unspecified atom stereocenters. The van der Waals surface area contributed by atoms with Crippen LogP contribution in [0.1, 0.15) is 10.4 Å². The number of hydrogen-bond donors (Lipinski definition) is 1. The number of carbonyl (C=O) groups excluding carboxylic acids is 1. The normalized spacial score (nSPS) is 11.2. The van der Waals surface area contributed by atoms with Gasteiger partial charge >= 0.3 is 0 Å². The number of rotatable bonds is 2. The van der Waals surface area contributed by atoms with Gasteiger partial charge in [0.25, 0.3) is 5.91 Å². The summed E-state index contributed by atoms with van der Waals surface area (Å²) in [5.41, 5.74) is 4.21. The first-order chi connectivity index (χ1) is 12.1. The maximum Gasteiger partial charge on any atom is 0.256 e. The number of amides is 1. The number of nitrogens with zero attached hydrogens (tertiary/aromatic N) is 2. The molecule has 0 fully saturated rings. The maximum absolute atomic E-state index is 12.9. The zero-order valence-electron chi connectivity index (χ0n) is 13.9. The first kappa shape index (κ1) is 15.8. The molecule has 5 heteroatoms. The second-order valence-electron chi connectivity index (χ2n) is 6.15. The second kappa shape index (κ2) is 6.01. The zero-order valence-corrected chi connectivity index (χ0v) is 15.5. The highest BCUT2D eigenvalue weighted by molar-refractivity contribution is 9.10. The van der Waals surface area contributed by atoms with Gasteiger partial charge in [0.15, 0.2) is 0 Å². The Kier molecular flexibility index (Phi) is 3.81. The van der Waals surface area contributed by atoms with Crippen molar-refractivity contribution in [2.24, 2.45) is 0 Å². The number of halogens is 1. The Morgan fingerprint density at radius 1 is 1.12 bits per heavy atom. The zero-order chi connectivity index (χ0) is 17.6. The van der Waals surface area contributed by atoms with Gasteiger partial charge in [0.2, 0.25) is 0 Å². The predicted octanol–water partition coefficient (Wildman–Crippen LogP) is 4.85. The summed E-state index contributed by atoms with van der Waals surface area (Å²) in [5, 5.41) is 1.94. The Hall–Kier alpha value is -2.66. The molecule has 0 aliphatic heterocycles. The summed E-state index contributed by atoms with van der Waals surface area (Å²) >= 11 is 3.47. The van der Waals surface area contributed by atoms with Crippen LogP contribution in [0.2, 0.25) is 0 Å². The number of nitrogens with one attached hydrogen (secondary N) is 1. The van der Waals surface area contributed by atoms with Crippen LogP contribution in [-0.4, -0.2) is 34.9 Å². The molecule has 0 saturated heterocycles. The standard InChI is InChI=1S/C20H16BrN3O/c1-24(2)20(25)17-14-7-3-4-9-16(14)23-19(17)15-8-5-6-12-10-13(21)11-22-18(12)15/h3-11,23H,1-2H3. The van der Waals surface area contributed by atoms with Crippen LogP contribution in [0.5, 0.6) is 0 Å². The Morgan fingerprint density at radius 2 is 1.92 bits per heavy atom. The fourth-order valence-corrected chi connectivity index (χ4v) is 3.47. The average Bonchev–Trinajstić information content (AvgIpc) is 2.99. The summed E-state index contributed by atoms with van der Waals surface area (Å²) in [6, 6.07) is 15.9. The maximum atomic E-state index is 12.9. The molecule has 4 aromatic rings. The van der Waals surface area contributed by atoms with E-state index in [1.54, 1.807) is 25.2 Å². The lowest BCUT2D eigenvalue weighted by molar-refractivity contribution is 0.0830. The van der Waals surface area contributed by atoms with E-state index in [-0.39, 0.29) is 5.91 Å². The van der Waals surface area contributed by atoms with Crippen LogP contribution < -0.4 is 0 Å². The van der Waals surface area contributed by atoms with Gasteiger partial charge < -0.3 is 9.88 Å². The van der Waals surface area contributed by atoms with Crippen LogP contribution in [0.15, 0.2) is 59.2 Å². The number of benzene rings is 2. The van der Waals surface area contributed by atoms with E-state index in [0.717, 1.165) is 37.5 Å². The molecule has 0 atom stereocenters. The lowest BCUT2D eigenvalue weighted by Gasteiger charge is -2.12. The number of hydrogen-bond acceptors (Lipinski definition) is 2. The summed E-state index contributed by atoms with van der Waals surface area (Å²) in [7, 11) is 3.54. The van der Waals surface area contributed by atoms with Crippen LogP contribution in [-0.2, 0) is 0 Å². The summed E-state index contributed by atoms with van der Waals surface area (Å²) in [4.78, 5) is 22.5. The highest BCUT2D eigenvalue weighted by Gasteiger charge is 2.22. The molecular weight excluding hydrogens is 378 g/mol. The number of H-pyrrole nitrogens is 1. The van der Waals surface area contributed by atoms with E-state index in [2.05, 4.69) is 25.9 Å². The smallest absolute Gasteiger partial charge is 0.256 e. The SMILES string of the molecule is CN(C)C(=O)c1c(-c2cccc3cc(Br)cnc23)[nH]c2ccccc12. The van der Waals surface area contributed by atoms with E-state index in [9.17, 15) is 4.79 Å². The van der Waals surface area contributed by atoms with Crippen molar-refractivity contribution in [3.63, 3.8) is 0 Å². The van der Waals surface area contributed by atoms with Crippen molar-refractivity contribution in [2.45, 2.75) is 0 Å². The number of carbonyl (C=O) groups is 1. The van der Waals surface area contributed by atoms with Gasteiger partial charge in [0.1, 0.15) is 0 Å². The van der Waals surface area contributed by atoms with Crippen molar-refractivity contribution in [1.82, 2.24) is 14.9 Å². The van der Waals surface area contributed by atoms with Crippen molar-refractivity contribution < 1.29 is 4.79 Å². The first-order valence-corrected chi connectivity index (χ1v) is 8.72. The van der Waals surface area contributed by atoms with Crippen molar-refractivity contribution in [2.75, 3.05) is 14.1 Å². The van der Waals surface area contributed by atoms with Gasteiger partial charge in [-0.05, 0) is 28.1 Å². The van der Waals surface area contributed by atoms with Crippen LogP contribution in [0.3, 0.4) is 0 Å². The summed E-state index contributed by atoms with van der Waals surface area (Å²) in [5.74, 6) is -0.0263. The quantitative estimate of drug-likeness (QED) is 0.529. The largest absolute Gasteiger partial charge is 0.354 e. The number of aromatic nitrogens is 2. The second-order valence-corrected chi connectivity index (χ2v) is 7.07. The summed E-state index contributed by atoms with van der Waals surface area (Å²) < 4.78 is 0.929. The molecule has 124 valence electrons. The fraction of sp³-hybridized carbons (Fsp3) is 0.100. The molecule has 0 aliphatic carbocycles. The van der Waals surface area contributed by atoms with Gasteiger partial charge in [-0.15, -0.1) is 0 Å². The van der Waals surface area contributed by atoms with E-state index in [1.165, 1.54) is 0 Å². The molecule has 2 aromatic heterocycles. The molecule has 2 heterocycles. The minimum absolute atomic E-state index is 0.0263. The van der Waals surface area contributed by atoms with Crippen molar-refractivity contribution in [1.29, 1.82) is 0 Å². The molecule has 1 N–H and O–H groups in total. The Labute approximate surface area is 153 Å². The van der Waals surface area contributed by atoms with Crippen LogP contribution in [0.25, 0.3) is 33.1 Å². The number of para-hydroxylation sites is 2. The topological polar surface area (TPSA) is 49.0 Å². The molecule has 1 amide bonds. The minimum Gasteiger partial charge on any atom is -0.354 e. The lowest BCUT2D eigenvalue weighted by atomic mass is 10.0. The molecule has 0 radical (unpaired) electrons.